The lowest BCUT2D eigenvalue weighted by molar-refractivity contribution is -0.114. The van der Waals surface area contributed by atoms with Crippen LogP contribution < -0.4 is 15.4 Å². The fourth-order valence-corrected chi connectivity index (χ4v) is 2.18. The minimum atomic E-state index is -0.428. The maximum absolute atomic E-state index is 12.0. The van der Waals surface area contributed by atoms with Gasteiger partial charge in [-0.25, -0.2) is 4.79 Å². The Hall–Kier alpha value is -2.73. The standard InChI is InChI=1S/C17H17ClN2O4/c1-23-15-8-5-12(18)9-14(15)19-10-16(21)20-13-6-3-11(4-7-13)17(22)24-2/h3-9,19H,10H2,1-2H3,(H,20,21). The molecule has 2 N–H and O–H groups in total. The third-order valence-electron chi connectivity index (χ3n) is 3.19. The van der Waals surface area contributed by atoms with Gasteiger partial charge in [0.2, 0.25) is 5.91 Å². The van der Waals surface area contributed by atoms with Gasteiger partial charge in [0.25, 0.3) is 0 Å². The third-order valence-corrected chi connectivity index (χ3v) is 3.43. The lowest BCUT2D eigenvalue weighted by Gasteiger charge is -2.12. The van der Waals surface area contributed by atoms with E-state index in [2.05, 4.69) is 15.4 Å². The van der Waals surface area contributed by atoms with Crippen LogP contribution in [-0.2, 0) is 9.53 Å². The van der Waals surface area contributed by atoms with Crippen LogP contribution in [0.25, 0.3) is 0 Å². The number of hydrogen-bond donors (Lipinski definition) is 2. The van der Waals surface area contributed by atoms with Crippen LogP contribution in [0.3, 0.4) is 0 Å². The number of esters is 1. The van der Waals surface area contributed by atoms with Gasteiger partial charge in [-0.1, -0.05) is 11.6 Å². The Balaban J connectivity index is 1.94. The first-order valence-electron chi connectivity index (χ1n) is 7.09. The van der Waals surface area contributed by atoms with Crippen molar-refractivity contribution in [3.8, 4) is 5.75 Å². The summed E-state index contributed by atoms with van der Waals surface area (Å²) in [5.41, 5.74) is 1.62. The van der Waals surface area contributed by atoms with E-state index in [1.165, 1.54) is 14.2 Å². The zero-order valence-electron chi connectivity index (χ0n) is 13.3. The van der Waals surface area contributed by atoms with E-state index < -0.39 is 5.97 Å². The number of benzene rings is 2. The molecule has 0 radical (unpaired) electrons. The van der Waals surface area contributed by atoms with E-state index >= 15 is 0 Å². The Morgan fingerprint density at radius 2 is 1.79 bits per heavy atom. The van der Waals surface area contributed by atoms with Gasteiger partial charge in [0.15, 0.2) is 0 Å². The van der Waals surface area contributed by atoms with Gasteiger partial charge in [-0.3, -0.25) is 4.79 Å². The molecule has 0 heterocycles. The average molecular weight is 349 g/mol. The van der Waals surface area contributed by atoms with Crippen LogP contribution in [0.1, 0.15) is 10.4 Å². The van der Waals surface area contributed by atoms with Crippen molar-refractivity contribution in [2.75, 3.05) is 31.4 Å². The Morgan fingerprint density at radius 3 is 2.42 bits per heavy atom. The van der Waals surface area contributed by atoms with Gasteiger partial charge in [-0.05, 0) is 42.5 Å². The quantitative estimate of drug-likeness (QED) is 0.784. The highest BCUT2D eigenvalue weighted by Crippen LogP contribution is 2.27. The van der Waals surface area contributed by atoms with Gasteiger partial charge in [0.05, 0.1) is 32.0 Å². The Bertz CT molecular complexity index is 732. The molecule has 2 aromatic carbocycles. The van der Waals surface area contributed by atoms with E-state index in [1.54, 1.807) is 42.5 Å². The number of amides is 1. The van der Waals surface area contributed by atoms with Gasteiger partial charge in [-0.15, -0.1) is 0 Å². The molecule has 2 rings (SSSR count). The molecule has 0 unspecified atom stereocenters. The van der Waals surface area contributed by atoms with Crippen LogP contribution >= 0.6 is 11.6 Å². The number of anilines is 2. The summed E-state index contributed by atoms with van der Waals surface area (Å²) in [5, 5.41) is 6.23. The first-order chi connectivity index (χ1) is 11.5. The molecule has 0 spiro atoms. The van der Waals surface area contributed by atoms with Crippen LogP contribution in [0.5, 0.6) is 5.75 Å². The fourth-order valence-electron chi connectivity index (χ4n) is 2.01. The van der Waals surface area contributed by atoms with Crippen LogP contribution in [0.2, 0.25) is 5.02 Å². The topological polar surface area (TPSA) is 76.7 Å². The number of halogens is 1. The summed E-state index contributed by atoms with van der Waals surface area (Å²) in [4.78, 5) is 23.4. The van der Waals surface area contributed by atoms with Gasteiger partial charge < -0.3 is 20.1 Å². The molecule has 0 saturated heterocycles. The molecule has 0 saturated carbocycles. The SMILES string of the molecule is COC(=O)c1ccc(NC(=O)CNc2cc(Cl)ccc2OC)cc1. The van der Waals surface area contributed by atoms with Crippen molar-refractivity contribution in [1.29, 1.82) is 0 Å². The summed E-state index contributed by atoms with van der Waals surface area (Å²) in [7, 11) is 2.85. The second-order valence-corrected chi connectivity index (χ2v) is 5.25. The van der Waals surface area contributed by atoms with E-state index in [0.29, 0.717) is 27.7 Å². The van der Waals surface area contributed by atoms with E-state index in [0.717, 1.165) is 0 Å². The van der Waals surface area contributed by atoms with Crippen molar-refractivity contribution in [3.05, 3.63) is 53.1 Å². The third kappa shape index (κ3) is 4.63. The number of carbonyl (C=O) groups excluding carboxylic acids is 2. The number of methoxy groups -OCH3 is 2. The molecule has 126 valence electrons. The molecule has 0 fully saturated rings. The van der Waals surface area contributed by atoms with Crippen LogP contribution in [0.15, 0.2) is 42.5 Å². The maximum Gasteiger partial charge on any atom is 0.337 e. The highest BCUT2D eigenvalue weighted by molar-refractivity contribution is 6.30. The molecule has 1 amide bonds. The summed E-state index contributed by atoms with van der Waals surface area (Å²) in [6, 6.07) is 11.5. The fraction of sp³-hybridized carbons (Fsp3) is 0.176. The zero-order chi connectivity index (χ0) is 17.5. The molecule has 0 aromatic heterocycles. The summed E-state index contributed by atoms with van der Waals surface area (Å²) >= 11 is 5.94. The molecule has 0 bridgehead atoms. The van der Waals surface area contributed by atoms with E-state index in [9.17, 15) is 9.59 Å². The van der Waals surface area contributed by atoms with Gasteiger partial charge >= 0.3 is 5.97 Å². The number of ether oxygens (including phenoxy) is 2. The van der Waals surface area contributed by atoms with E-state index in [-0.39, 0.29) is 12.5 Å². The van der Waals surface area contributed by atoms with Gasteiger partial charge in [0, 0.05) is 10.7 Å². The molecular weight excluding hydrogens is 332 g/mol. The van der Waals surface area contributed by atoms with Gasteiger partial charge in [0.1, 0.15) is 5.75 Å². The van der Waals surface area contributed by atoms with Crippen molar-refractivity contribution in [3.63, 3.8) is 0 Å². The second kappa shape index (κ2) is 8.21. The number of carbonyl (C=O) groups is 2. The molecule has 0 aliphatic rings. The predicted octanol–water partition coefficient (Wildman–Crippen LogP) is 3.19. The summed E-state index contributed by atoms with van der Waals surface area (Å²) in [6.07, 6.45) is 0. The summed E-state index contributed by atoms with van der Waals surface area (Å²) in [5.74, 6) is -0.0833. The predicted molar refractivity (Wildman–Crippen MR) is 92.9 cm³/mol. The van der Waals surface area contributed by atoms with Gasteiger partial charge in [-0.2, -0.15) is 0 Å². The van der Waals surface area contributed by atoms with Crippen molar-refractivity contribution in [2.45, 2.75) is 0 Å². The normalized spacial score (nSPS) is 9.96. The lowest BCUT2D eigenvalue weighted by Crippen LogP contribution is -2.22. The summed E-state index contributed by atoms with van der Waals surface area (Å²) < 4.78 is 9.82. The Morgan fingerprint density at radius 1 is 1.08 bits per heavy atom. The molecule has 6 nitrogen and oxygen atoms in total. The lowest BCUT2D eigenvalue weighted by atomic mass is 10.2. The van der Waals surface area contributed by atoms with Crippen molar-refractivity contribution < 1.29 is 19.1 Å². The molecule has 0 aliphatic heterocycles. The van der Waals surface area contributed by atoms with Crippen LogP contribution in [0, 0.1) is 0 Å². The number of nitrogens with one attached hydrogen (secondary N) is 2. The maximum atomic E-state index is 12.0. The minimum absolute atomic E-state index is 0.0372. The first kappa shape index (κ1) is 17.6. The van der Waals surface area contributed by atoms with Crippen LogP contribution in [0.4, 0.5) is 11.4 Å². The molecule has 0 aliphatic carbocycles. The zero-order valence-corrected chi connectivity index (χ0v) is 14.0. The highest BCUT2D eigenvalue weighted by Gasteiger charge is 2.08. The average Bonchev–Trinajstić information content (AvgIpc) is 2.60. The number of hydrogen-bond acceptors (Lipinski definition) is 5. The van der Waals surface area contributed by atoms with E-state index in [1.807, 2.05) is 0 Å². The molecule has 7 heteroatoms. The minimum Gasteiger partial charge on any atom is -0.495 e. The van der Waals surface area contributed by atoms with E-state index in [4.69, 9.17) is 16.3 Å². The molecule has 2 aromatic rings. The Labute approximate surface area is 144 Å². The molecular formula is C17H17ClN2O4. The summed E-state index contributed by atoms with van der Waals surface area (Å²) in [6.45, 7) is 0.0372. The van der Waals surface area contributed by atoms with Crippen molar-refractivity contribution in [2.24, 2.45) is 0 Å². The Kier molecular flexibility index (Phi) is 6.03. The smallest absolute Gasteiger partial charge is 0.337 e. The highest BCUT2D eigenvalue weighted by atomic mass is 35.5. The molecule has 0 atom stereocenters. The first-order valence-corrected chi connectivity index (χ1v) is 7.47. The monoisotopic (exact) mass is 348 g/mol. The van der Waals surface area contributed by atoms with Crippen molar-refractivity contribution >= 4 is 34.9 Å². The largest absolute Gasteiger partial charge is 0.495 e. The second-order valence-electron chi connectivity index (χ2n) is 4.82. The van der Waals surface area contributed by atoms with Crippen LogP contribution in [-0.4, -0.2) is 32.6 Å². The molecule has 24 heavy (non-hydrogen) atoms. The number of rotatable bonds is 6. The van der Waals surface area contributed by atoms with Crippen molar-refractivity contribution in [1.82, 2.24) is 0 Å².